The lowest BCUT2D eigenvalue weighted by molar-refractivity contribution is -0.130. The lowest BCUT2D eigenvalue weighted by atomic mass is 10.0. The zero-order valence-corrected chi connectivity index (χ0v) is 7.36. The van der Waals surface area contributed by atoms with E-state index in [0.717, 1.165) is 6.42 Å². The van der Waals surface area contributed by atoms with Crippen LogP contribution in [0.3, 0.4) is 0 Å². The highest BCUT2D eigenvalue weighted by molar-refractivity contribution is 5.89. The Labute approximate surface area is 76.7 Å². The Hall–Kier alpha value is -1.39. The summed E-state index contributed by atoms with van der Waals surface area (Å²) in [5, 5.41) is 16.9. The number of rotatable bonds is 2. The van der Waals surface area contributed by atoms with E-state index in [9.17, 15) is 4.79 Å². The zero-order valence-electron chi connectivity index (χ0n) is 7.36. The summed E-state index contributed by atoms with van der Waals surface area (Å²) in [6, 6.07) is 3.31. The first-order chi connectivity index (χ1) is 6.19. The molecule has 4 heteroatoms. The minimum Gasteiger partial charge on any atom is -0.367 e. The van der Waals surface area contributed by atoms with Crippen LogP contribution in [-0.2, 0) is 9.53 Å². The van der Waals surface area contributed by atoms with Crippen LogP contribution in [0, 0.1) is 28.6 Å². The van der Waals surface area contributed by atoms with Crippen LogP contribution in [0.15, 0.2) is 0 Å². The van der Waals surface area contributed by atoms with Crippen LogP contribution in [0.2, 0.25) is 0 Å². The average Bonchev–Trinajstić information content (AvgIpc) is 2.54. The third-order valence-corrected chi connectivity index (χ3v) is 2.09. The van der Waals surface area contributed by atoms with Crippen LogP contribution in [0.25, 0.3) is 0 Å². The first-order valence-electron chi connectivity index (χ1n) is 4.17. The van der Waals surface area contributed by atoms with Crippen LogP contribution in [0.4, 0.5) is 0 Å². The molecule has 2 atom stereocenters. The van der Waals surface area contributed by atoms with E-state index in [4.69, 9.17) is 15.3 Å². The smallest absolute Gasteiger partial charge is 0.193 e. The summed E-state index contributed by atoms with van der Waals surface area (Å²) in [7, 11) is 0. The third kappa shape index (κ3) is 2.05. The molecule has 0 saturated carbocycles. The highest BCUT2D eigenvalue weighted by atomic mass is 16.5. The van der Waals surface area contributed by atoms with Crippen molar-refractivity contribution in [2.45, 2.75) is 32.0 Å². The number of Topliss-reactive ketones (excluding diaryl/α,β-unsaturated/α-hetero) is 1. The minimum atomic E-state index is -1.17. The van der Waals surface area contributed by atoms with Crippen molar-refractivity contribution in [2.24, 2.45) is 5.92 Å². The van der Waals surface area contributed by atoms with Crippen molar-refractivity contribution in [3.05, 3.63) is 0 Å². The lowest BCUT2D eigenvalue weighted by Gasteiger charge is -2.09. The van der Waals surface area contributed by atoms with Crippen molar-refractivity contribution < 1.29 is 9.53 Å². The van der Waals surface area contributed by atoms with E-state index in [1.54, 1.807) is 12.1 Å². The van der Waals surface area contributed by atoms with Gasteiger partial charge in [-0.15, -0.1) is 0 Å². The second kappa shape index (κ2) is 4.02. The summed E-state index contributed by atoms with van der Waals surface area (Å²) in [6.07, 6.45) is 0.964. The van der Waals surface area contributed by atoms with E-state index in [2.05, 4.69) is 0 Å². The molecule has 0 aliphatic carbocycles. The van der Waals surface area contributed by atoms with Crippen molar-refractivity contribution in [3.8, 4) is 12.1 Å². The maximum atomic E-state index is 11.4. The number of ketones is 1. The quantitative estimate of drug-likeness (QED) is 0.626. The second-order valence-electron chi connectivity index (χ2n) is 3.11. The molecule has 2 unspecified atom stereocenters. The molecule has 0 aromatic rings. The average molecular weight is 178 g/mol. The highest BCUT2D eigenvalue weighted by Gasteiger charge is 2.32. The van der Waals surface area contributed by atoms with Gasteiger partial charge in [-0.3, -0.25) is 4.79 Å². The third-order valence-electron chi connectivity index (χ3n) is 2.09. The van der Waals surface area contributed by atoms with E-state index in [1.807, 2.05) is 6.92 Å². The van der Waals surface area contributed by atoms with Crippen LogP contribution in [0.1, 0.15) is 19.8 Å². The molecule has 0 N–H and O–H groups in total. The van der Waals surface area contributed by atoms with E-state index >= 15 is 0 Å². The van der Waals surface area contributed by atoms with Crippen LogP contribution < -0.4 is 0 Å². The molecular weight excluding hydrogens is 168 g/mol. The van der Waals surface area contributed by atoms with Crippen LogP contribution in [0.5, 0.6) is 0 Å². The number of carbonyl (C=O) groups is 1. The Balaban J connectivity index is 2.60. The molecular formula is C9H10N2O2. The fraction of sp³-hybridized carbons (Fsp3) is 0.667. The van der Waals surface area contributed by atoms with Gasteiger partial charge in [0.15, 0.2) is 11.7 Å². The number of carbonyl (C=O) groups excluding carboxylic acids is 1. The Morgan fingerprint density at radius 2 is 2.08 bits per heavy atom. The van der Waals surface area contributed by atoms with Crippen molar-refractivity contribution >= 4 is 5.78 Å². The monoisotopic (exact) mass is 178 g/mol. The van der Waals surface area contributed by atoms with Crippen molar-refractivity contribution in [2.75, 3.05) is 0 Å². The summed E-state index contributed by atoms with van der Waals surface area (Å²) in [6.45, 7) is 1.88. The molecule has 1 aliphatic rings. The van der Waals surface area contributed by atoms with E-state index in [1.165, 1.54) is 0 Å². The van der Waals surface area contributed by atoms with Gasteiger partial charge in [0.2, 0.25) is 0 Å². The van der Waals surface area contributed by atoms with Crippen molar-refractivity contribution in [1.82, 2.24) is 0 Å². The summed E-state index contributed by atoms with van der Waals surface area (Å²) in [5.74, 6) is -1.57. The Morgan fingerprint density at radius 1 is 1.46 bits per heavy atom. The second-order valence-corrected chi connectivity index (χ2v) is 3.11. The van der Waals surface area contributed by atoms with E-state index in [-0.39, 0.29) is 6.10 Å². The summed E-state index contributed by atoms with van der Waals surface area (Å²) in [5.41, 5.74) is 0. The predicted molar refractivity (Wildman–Crippen MR) is 43.3 cm³/mol. The molecule has 1 fully saturated rings. The Morgan fingerprint density at radius 3 is 2.46 bits per heavy atom. The molecule has 1 heterocycles. The molecule has 0 bridgehead atoms. The maximum Gasteiger partial charge on any atom is 0.193 e. The summed E-state index contributed by atoms with van der Waals surface area (Å²) in [4.78, 5) is 11.4. The standard InChI is InChI=1S/C9H10N2O2/c1-6-2-3-8(13-6)9(12)7(4-10)5-11/h6-8H,2-3H2,1H3. The maximum absolute atomic E-state index is 11.4. The molecule has 1 rings (SSSR count). The molecule has 0 aromatic carbocycles. The zero-order chi connectivity index (χ0) is 9.84. The Bertz CT molecular complexity index is 273. The Kier molecular flexibility index (Phi) is 3.00. The minimum absolute atomic E-state index is 0.0620. The normalized spacial score (nSPS) is 26.8. The van der Waals surface area contributed by atoms with Crippen LogP contribution in [-0.4, -0.2) is 18.0 Å². The largest absolute Gasteiger partial charge is 0.367 e. The van der Waals surface area contributed by atoms with Gasteiger partial charge in [0.1, 0.15) is 6.10 Å². The fourth-order valence-corrected chi connectivity index (χ4v) is 1.35. The molecule has 1 saturated heterocycles. The molecule has 0 aromatic heterocycles. The van der Waals surface area contributed by atoms with Gasteiger partial charge in [0.25, 0.3) is 0 Å². The first-order valence-corrected chi connectivity index (χ1v) is 4.17. The topological polar surface area (TPSA) is 73.9 Å². The number of nitrogens with zero attached hydrogens (tertiary/aromatic N) is 2. The molecule has 1 aliphatic heterocycles. The van der Waals surface area contributed by atoms with E-state index in [0.29, 0.717) is 6.42 Å². The van der Waals surface area contributed by atoms with Gasteiger partial charge >= 0.3 is 0 Å². The van der Waals surface area contributed by atoms with Gasteiger partial charge in [-0.05, 0) is 19.8 Å². The number of ether oxygens (including phenoxy) is 1. The molecule has 13 heavy (non-hydrogen) atoms. The fourth-order valence-electron chi connectivity index (χ4n) is 1.35. The van der Waals surface area contributed by atoms with Crippen LogP contribution >= 0.6 is 0 Å². The van der Waals surface area contributed by atoms with Gasteiger partial charge in [0.05, 0.1) is 18.2 Å². The number of hydrogen-bond acceptors (Lipinski definition) is 4. The number of hydrogen-bond donors (Lipinski definition) is 0. The molecule has 68 valence electrons. The predicted octanol–water partition coefficient (Wildman–Crippen LogP) is 0.786. The van der Waals surface area contributed by atoms with Gasteiger partial charge in [0, 0.05) is 0 Å². The molecule has 0 radical (unpaired) electrons. The lowest BCUT2D eigenvalue weighted by Crippen LogP contribution is -2.26. The molecule has 4 nitrogen and oxygen atoms in total. The van der Waals surface area contributed by atoms with Gasteiger partial charge in [-0.25, -0.2) is 0 Å². The highest BCUT2D eigenvalue weighted by Crippen LogP contribution is 2.21. The number of nitriles is 2. The van der Waals surface area contributed by atoms with Gasteiger partial charge in [-0.2, -0.15) is 10.5 Å². The molecule has 0 spiro atoms. The van der Waals surface area contributed by atoms with E-state index < -0.39 is 17.8 Å². The molecule has 0 amide bonds. The summed E-state index contributed by atoms with van der Waals surface area (Å²) < 4.78 is 5.26. The van der Waals surface area contributed by atoms with Gasteiger partial charge in [-0.1, -0.05) is 0 Å². The SMILES string of the molecule is CC1CCC(C(=O)C(C#N)C#N)O1. The van der Waals surface area contributed by atoms with Crippen molar-refractivity contribution in [1.29, 1.82) is 10.5 Å². The first kappa shape index (κ1) is 9.70. The van der Waals surface area contributed by atoms with Crippen molar-refractivity contribution in [3.63, 3.8) is 0 Å². The van der Waals surface area contributed by atoms with Gasteiger partial charge < -0.3 is 4.74 Å². The summed E-state index contributed by atoms with van der Waals surface area (Å²) >= 11 is 0.